The molecule has 0 aliphatic rings. The molecule has 2 N–H and O–H groups in total. The van der Waals surface area contributed by atoms with Crippen LogP contribution in [0.25, 0.3) is 28.0 Å². The van der Waals surface area contributed by atoms with Gasteiger partial charge in [-0.25, -0.2) is 4.98 Å². The van der Waals surface area contributed by atoms with Gasteiger partial charge in [0.15, 0.2) is 5.65 Å². The van der Waals surface area contributed by atoms with E-state index in [1.807, 2.05) is 0 Å². The van der Waals surface area contributed by atoms with Crippen molar-refractivity contribution in [3.63, 3.8) is 0 Å². The first-order valence-corrected chi connectivity index (χ1v) is 10.5. The highest BCUT2D eigenvalue weighted by Crippen LogP contribution is 2.34. The molecule has 0 unspecified atom stereocenters. The number of aliphatic hydroxyl groups excluding tert-OH is 1. The SMILES string of the molecule is CCN(c1nc(-c2ccccc2Cl)c2ccc(=O)n(-c3ccc(C(F)(F)F)cc3)c2n1)C(O)O. The van der Waals surface area contributed by atoms with Crippen molar-refractivity contribution in [3.05, 3.63) is 81.6 Å². The van der Waals surface area contributed by atoms with Crippen LogP contribution in [0.15, 0.2) is 65.5 Å². The summed E-state index contributed by atoms with van der Waals surface area (Å²) in [4.78, 5) is 22.8. The van der Waals surface area contributed by atoms with Gasteiger partial charge in [0, 0.05) is 28.6 Å². The van der Waals surface area contributed by atoms with Crippen LogP contribution in [0.2, 0.25) is 5.02 Å². The molecule has 0 aliphatic heterocycles. The van der Waals surface area contributed by atoms with E-state index in [1.165, 1.54) is 24.3 Å². The molecule has 0 atom stereocenters. The maximum Gasteiger partial charge on any atom is 0.416 e. The number of pyridine rings is 1. The van der Waals surface area contributed by atoms with E-state index in [-0.39, 0.29) is 23.8 Å². The Hall–Kier alpha value is -3.47. The number of anilines is 1. The molecule has 0 aliphatic carbocycles. The van der Waals surface area contributed by atoms with Gasteiger partial charge in [-0.05, 0) is 43.3 Å². The Kier molecular flexibility index (Phi) is 6.30. The predicted molar refractivity (Wildman–Crippen MR) is 122 cm³/mol. The van der Waals surface area contributed by atoms with Crippen LogP contribution in [0, 0.1) is 0 Å². The normalized spacial score (nSPS) is 11.9. The molecule has 176 valence electrons. The number of hydrogen-bond acceptors (Lipinski definition) is 6. The topological polar surface area (TPSA) is 91.5 Å². The van der Waals surface area contributed by atoms with Crippen molar-refractivity contribution >= 4 is 28.6 Å². The van der Waals surface area contributed by atoms with Crippen molar-refractivity contribution in [2.45, 2.75) is 19.5 Å². The highest BCUT2D eigenvalue weighted by Gasteiger charge is 2.30. The number of hydrogen-bond donors (Lipinski definition) is 2. The van der Waals surface area contributed by atoms with Crippen LogP contribution in [0.4, 0.5) is 19.1 Å². The number of aliphatic hydroxyl groups is 2. The molecule has 2 aromatic carbocycles. The van der Waals surface area contributed by atoms with Gasteiger partial charge in [-0.2, -0.15) is 18.2 Å². The molecule has 0 radical (unpaired) electrons. The van der Waals surface area contributed by atoms with Gasteiger partial charge in [-0.15, -0.1) is 0 Å². The van der Waals surface area contributed by atoms with E-state index in [0.717, 1.165) is 21.6 Å². The van der Waals surface area contributed by atoms with Gasteiger partial charge in [0.2, 0.25) is 12.4 Å². The zero-order chi connectivity index (χ0) is 24.6. The smallest absolute Gasteiger partial charge is 0.351 e. The summed E-state index contributed by atoms with van der Waals surface area (Å²) >= 11 is 6.39. The molecular formula is C23H18ClF3N4O3. The van der Waals surface area contributed by atoms with Crippen LogP contribution in [-0.2, 0) is 6.18 Å². The van der Waals surface area contributed by atoms with Crippen LogP contribution in [0.1, 0.15) is 12.5 Å². The Morgan fingerprint density at radius 2 is 1.71 bits per heavy atom. The van der Waals surface area contributed by atoms with Crippen LogP contribution in [0.3, 0.4) is 0 Å². The van der Waals surface area contributed by atoms with E-state index in [0.29, 0.717) is 21.7 Å². The molecule has 0 fully saturated rings. The second-order valence-electron chi connectivity index (χ2n) is 7.27. The molecule has 0 saturated carbocycles. The predicted octanol–water partition coefficient (Wildman–Crippen LogP) is 4.21. The summed E-state index contributed by atoms with van der Waals surface area (Å²) in [5.74, 6) is -0.105. The minimum Gasteiger partial charge on any atom is -0.351 e. The van der Waals surface area contributed by atoms with Crippen molar-refractivity contribution in [2.75, 3.05) is 11.4 Å². The second-order valence-corrected chi connectivity index (χ2v) is 7.68. The molecule has 0 amide bonds. The third-order valence-electron chi connectivity index (χ3n) is 5.20. The lowest BCUT2D eigenvalue weighted by molar-refractivity contribution is -0.137. The number of rotatable bonds is 5. The number of fused-ring (bicyclic) bond motifs is 1. The molecule has 11 heteroatoms. The minimum atomic E-state index is -4.53. The summed E-state index contributed by atoms with van der Waals surface area (Å²) in [7, 11) is 0. The van der Waals surface area contributed by atoms with Gasteiger partial charge in [0.25, 0.3) is 5.56 Å². The first-order valence-electron chi connectivity index (χ1n) is 10.1. The van der Waals surface area contributed by atoms with Gasteiger partial charge in [0.1, 0.15) is 0 Å². The standard InChI is InChI=1S/C23H18ClF3N4O3/c1-2-30(22(33)34)21-28-19(15-5-3-4-6-17(15)24)16-11-12-18(32)31(20(16)29-21)14-9-7-13(8-10-14)23(25,26)27/h3-12,22,33-34H,2H2,1H3. The summed E-state index contributed by atoms with van der Waals surface area (Å²) in [5.41, 5.74) is -0.395. The Labute approximate surface area is 196 Å². The number of aromatic nitrogens is 3. The lowest BCUT2D eigenvalue weighted by Gasteiger charge is -2.24. The van der Waals surface area contributed by atoms with Crippen LogP contribution in [0.5, 0.6) is 0 Å². The molecule has 0 saturated heterocycles. The summed E-state index contributed by atoms with van der Waals surface area (Å²) in [6, 6.07) is 13.6. The second kappa shape index (κ2) is 9.05. The fourth-order valence-electron chi connectivity index (χ4n) is 3.55. The van der Waals surface area contributed by atoms with Gasteiger partial charge >= 0.3 is 6.18 Å². The molecule has 2 heterocycles. The summed E-state index contributed by atoms with van der Waals surface area (Å²) < 4.78 is 40.2. The Morgan fingerprint density at radius 1 is 1.03 bits per heavy atom. The van der Waals surface area contributed by atoms with Crippen LogP contribution >= 0.6 is 11.6 Å². The van der Waals surface area contributed by atoms with E-state index in [9.17, 15) is 28.2 Å². The quantitative estimate of drug-likeness (QED) is 0.407. The maximum absolute atomic E-state index is 13.0. The average Bonchev–Trinajstić information content (AvgIpc) is 2.78. The molecule has 0 bridgehead atoms. The van der Waals surface area contributed by atoms with Gasteiger partial charge in [0.05, 0.1) is 16.9 Å². The Morgan fingerprint density at radius 3 is 2.29 bits per heavy atom. The van der Waals surface area contributed by atoms with E-state index in [4.69, 9.17) is 11.6 Å². The molecule has 7 nitrogen and oxygen atoms in total. The van der Waals surface area contributed by atoms with Crippen molar-refractivity contribution in [2.24, 2.45) is 0 Å². The van der Waals surface area contributed by atoms with Gasteiger partial charge in [-0.1, -0.05) is 29.8 Å². The highest BCUT2D eigenvalue weighted by atomic mass is 35.5. The third kappa shape index (κ3) is 4.35. The number of alkyl halides is 3. The maximum atomic E-state index is 13.0. The third-order valence-corrected chi connectivity index (χ3v) is 5.53. The summed E-state index contributed by atoms with van der Waals surface area (Å²) in [6.07, 6.45) is -6.47. The Bertz CT molecular complexity index is 1410. The largest absolute Gasteiger partial charge is 0.416 e. The first-order chi connectivity index (χ1) is 16.1. The summed E-state index contributed by atoms with van der Waals surface area (Å²) in [5, 5.41) is 20.3. The highest BCUT2D eigenvalue weighted by molar-refractivity contribution is 6.33. The molecule has 0 spiro atoms. The fraction of sp³-hybridized carbons (Fsp3) is 0.174. The number of nitrogens with zero attached hydrogens (tertiary/aromatic N) is 4. The lowest BCUT2D eigenvalue weighted by atomic mass is 10.1. The molecule has 2 aromatic heterocycles. The average molecular weight is 491 g/mol. The van der Waals surface area contributed by atoms with E-state index in [2.05, 4.69) is 9.97 Å². The fourth-order valence-corrected chi connectivity index (χ4v) is 3.77. The molecular weight excluding hydrogens is 473 g/mol. The first kappa shape index (κ1) is 23.7. The van der Waals surface area contributed by atoms with Gasteiger partial charge in [-0.3, -0.25) is 14.3 Å². The zero-order valence-corrected chi connectivity index (χ0v) is 18.4. The van der Waals surface area contributed by atoms with Crippen molar-refractivity contribution in [3.8, 4) is 16.9 Å². The molecule has 34 heavy (non-hydrogen) atoms. The number of benzene rings is 2. The van der Waals surface area contributed by atoms with E-state index >= 15 is 0 Å². The van der Waals surface area contributed by atoms with Crippen molar-refractivity contribution in [1.29, 1.82) is 0 Å². The van der Waals surface area contributed by atoms with E-state index in [1.54, 1.807) is 31.2 Å². The summed E-state index contributed by atoms with van der Waals surface area (Å²) in [6.45, 7) is 1.76. The lowest BCUT2D eigenvalue weighted by Crippen LogP contribution is -2.36. The van der Waals surface area contributed by atoms with Crippen LogP contribution < -0.4 is 10.5 Å². The van der Waals surface area contributed by atoms with Crippen molar-refractivity contribution in [1.82, 2.24) is 14.5 Å². The molecule has 4 aromatic rings. The Balaban J connectivity index is 2.06. The monoisotopic (exact) mass is 490 g/mol. The van der Waals surface area contributed by atoms with E-state index < -0.39 is 23.7 Å². The minimum absolute atomic E-state index is 0.0614. The molecule has 4 rings (SSSR count). The zero-order valence-electron chi connectivity index (χ0n) is 17.7. The van der Waals surface area contributed by atoms with Gasteiger partial charge < -0.3 is 10.2 Å². The van der Waals surface area contributed by atoms with Crippen LogP contribution in [-0.4, -0.2) is 37.7 Å². The van der Waals surface area contributed by atoms with Crippen molar-refractivity contribution < 1.29 is 23.4 Å². The number of halogens is 4.